The summed E-state index contributed by atoms with van der Waals surface area (Å²) in [5.41, 5.74) is 2.14. The van der Waals surface area contributed by atoms with Gasteiger partial charge >= 0.3 is 0 Å². The molecule has 0 radical (unpaired) electrons. The standard InChI is InChI=1S/C22H28O6/c1-6-7-14-10-19(27-4)21(20(11-14)28-5)16(13-23)22(24)15-8-9-17(25-2)18(12-15)26-3/h6,8-12,16,22-24H,1,7,13H2,2-5H3/t16-,22-/m0/s1. The Bertz CT molecular complexity index is 777. The van der Waals surface area contributed by atoms with Crippen LogP contribution >= 0.6 is 0 Å². The fourth-order valence-corrected chi connectivity index (χ4v) is 3.26. The predicted molar refractivity (Wildman–Crippen MR) is 108 cm³/mol. The zero-order valence-electron chi connectivity index (χ0n) is 16.8. The van der Waals surface area contributed by atoms with Crippen LogP contribution in [0.3, 0.4) is 0 Å². The van der Waals surface area contributed by atoms with Crippen LogP contribution in [-0.2, 0) is 6.42 Å². The van der Waals surface area contributed by atoms with Gasteiger partial charge in [0.2, 0.25) is 0 Å². The molecule has 152 valence electrons. The molecule has 0 aliphatic heterocycles. The molecule has 2 atom stereocenters. The van der Waals surface area contributed by atoms with Crippen molar-refractivity contribution in [2.75, 3.05) is 35.0 Å². The molecule has 0 amide bonds. The molecule has 2 rings (SSSR count). The monoisotopic (exact) mass is 388 g/mol. The Balaban J connectivity index is 2.53. The Kier molecular flexibility index (Phi) is 7.72. The molecule has 0 aliphatic carbocycles. The van der Waals surface area contributed by atoms with Crippen molar-refractivity contribution in [3.05, 3.63) is 59.7 Å². The van der Waals surface area contributed by atoms with Gasteiger partial charge in [-0.1, -0.05) is 12.1 Å². The minimum Gasteiger partial charge on any atom is -0.496 e. The Morgan fingerprint density at radius 1 is 0.893 bits per heavy atom. The van der Waals surface area contributed by atoms with Crippen LogP contribution in [0, 0.1) is 0 Å². The normalized spacial score (nSPS) is 12.8. The zero-order valence-corrected chi connectivity index (χ0v) is 16.8. The lowest BCUT2D eigenvalue weighted by Crippen LogP contribution is -2.17. The summed E-state index contributed by atoms with van der Waals surface area (Å²) in [4.78, 5) is 0. The highest BCUT2D eigenvalue weighted by Gasteiger charge is 2.29. The topological polar surface area (TPSA) is 77.4 Å². The maximum absolute atomic E-state index is 11.0. The molecule has 6 nitrogen and oxygen atoms in total. The predicted octanol–water partition coefficient (Wildman–Crippen LogP) is 3.26. The van der Waals surface area contributed by atoms with Crippen LogP contribution in [0.25, 0.3) is 0 Å². The zero-order chi connectivity index (χ0) is 20.7. The van der Waals surface area contributed by atoms with Gasteiger partial charge in [0.15, 0.2) is 11.5 Å². The van der Waals surface area contributed by atoms with Gasteiger partial charge < -0.3 is 29.2 Å². The van der Waals surface area contributed by atoms with Crippen molar-refractivity contribution in [3.8, 4) is 23.0 Å². The Labute approximate surface area is 165 Å². The maximum Gasteiger partial charge on any atom is 0.161 e. The van der Waals surface area contributed by atoms with Crippen LogP contribution in [0.2, 0.25) is 0 Å². The SMILES string of the molecule is C=CCc1cc(OC)c([C@H](CO)[C@@H](O)c2ccc(OC)c(OC)c2)c(OC)c1. The Morgan fingerprint density at radius 2 is 1.46 bits per heavy atom. The van der Waals surface area contributed by atoms with Crippen LogP contribution in [0.1, 0.15) is 28.7 Å². The summed E-state index contributed by atoms with van der Waals surface area (Å²) in [5.74, 6) is 1.46. The van der Waals surface area contributed by atoms with Gasteiger partial charge in [0, 0.05) is 11.5 Å². The fourth-order valence-electron chi connectivity index (χ4n) is 3.26. The number of methoxy groups -OCH3 is 4. The number of ether oxygens (including phenoxy) is 4. The molecule has 0 heterocycles. The lowest BCUT2D eigenvalue weighted by atomic mass is 9.87. The fraction of sp³-hybridized carbons (Fsp3) is 0.364. The minimum atomic E-state index is -1.02. The summed E-state index contributed by atoms with van der Waals surface area (Å²) in [5, 5.41) is 21.2. The first kappa shape index (κ1) is 21.6. The van der Waals surface area contributed by atoms with E-state index in [0.717, 1.165) is 5.56 Å². The third kappa shape index (κ3) is 4.40. The van der Waals surface area contributed by atoms with E-state index in [4.69, 9.17) is 18.9 Å². The van der Waals surface area contributed by atoms with Gasteiger partial charge in [0.25, 0.3) is 0 Å². The smallest absolute Gasteiger partial charge is 0.161 e. The van der Waals surface area contributed by atoms with Crippen molar-refractivity contribution < 1.29 is 29.2 Å². The Hall–Kier alpha value is -2.70. The number of hydrogen-bond donors (Lipinski definition) is 2. The third-order valence-corrected chi connectivity index (χ3v) is 4.68. The van der Waals surface area contributed by atoms with Crippen molar-refractivity contribution in [2.45, 2.75) is 18.4 Å². The highest BCUT2D eigenvalue weighted by atomic mass is 16.5. The van der Waals surface area contributed by atoms with Crippen molar-refractivity contribution in [1.29, 1.82) is 0 Å². The molecular weight excluding hydrogens is 360 g/mol. The van der Waals surface area contributed by atoms with Crippen molar-refractivity contribution in [1.82, 2.24) is 0 Å². The largest absolute Gasteiger partial charge is 0.496 e. The van der Waals surface area contributed by atoms with Crippen LogP contribution < -0.4 is 18.9 Å². The van der Waals surface area contributed by atoms with Crippen molar-refractivity contribution in [3.63, 3.8) is 0 Å². The van der Waals surface area contributed by atoms with Crippen LogP contribution in [0.4, 0.5) is 0 Å². The first-order chi connectivity index (χ1) is 13.5. The molecule has 28 heavy (non-hydrogen) atoms. The summed E-state index contributed by atoms with van der Waals surface area (Å²) in [6.45, 7) is 3.45. The second-order valence-electron chi connectivity index (χ2n) is 6.26. The van der Waals surface area contributed by atoms with E-state index in [1.54, 1.807) is 45.6 Å². The molecule has 0 bridgehead atoms. The second-order valence-corrected chi connectivity index (χ2v) is 6.26. The van der Waals surface area contributed by atoms with E-state index in [2.05, 4.69) is 6.58 Å². The average Bonchev–Trinajstić information content (AvgIpc) is 2.73. The van der Waals surface area contributed by atoms with E-state index in [0.29, 0.717) is 40.5 Å². The average molecular weight is 388 g/mol. The molecule has 0 saturated heterocycles. The van der Waals surface area contributed by atoms with Gasteiger partial charge in [0.05, 0.1) is 41.2 Å². The highest BCUT2D eigenvalue weighted by Crippen LogP contribution is 2.43. The molecule has 6 heteroatoms. The molecule has 0 aliphatic rings. The summed E-state index contributed by atoms with van der Waals surface area (Å²) < 4.78 is 21.7. The van der Waals surface area contributed by atoms with Crippen molar-refractivity contribution in [2.24, 2.45) is 0 Å². The van der Waals surface area contributed by atoms with Gasteiger partial charge in [0.1, 0.15) is 11.5 Å². The first-order valence-electron chi connectivity index (χ1n) is 8.91. The number of rotatable bonds is 10. The summed E-state index contributed by atoms with van der Waals surface area (Å²) >= 11 is 0. The molecular formula is C22H28O6. The van der Waals surface area contributed by atoms with E-state index in [1.807, 2.05) is 12.1 Å². The number of hydrogen-bond acceptors (Lipinski definition) is 6. The molecule has 2 N–H and O–H groups in total. The van der Waals surface area contributed by atoms with Gasteiger partial charge in [-0.3, -0.25) is 0 Å². The third-order valence-electron chi connectivity index (χ3n) is 4.68. The van der Waals surface area contributed by atoms with E-state index >= 15 is 0 Å². The molecule has 0 saturated carbocycles. The van der Waals surface area contributed by atoms with E-state index in [-0.39, 0.29) is 6.61 Å². The van der Waals surface area contributed by atoms with Gasteiger partial charge in [-0.25, -0.2) is 0 Å². The Morgan fingerprint density at radius 3 is 1.93 bits per heavy atom. The second kappa shape index (κ2) is 10.0. The van der Waals surface area contributed by atoms with E-state index < -0.39 is 12.0 Å². The molecule has 0 spiro atoms. The van der Waals surface area contributed by atoms with E-state index in [1.165, 1.54) is 7.11 Å². The molecule has 0 unspecified atom stereocenters. The molecule has 0 aromatic heterocycles. The van der Waals surface area contributed by atoms with Crippen LogP contribution in [-0.4, -0.2) is 45.3 Å². The number of aliphatic hydroxyl groups is 2. The van der Waals surface area contributed by atoms with Crippen molar-refractivity contribution >= 4 is 0 Å². The number of aliphatic hydroxyl groups excluding tert-OH is 2. The highest BCUT2D eigenvalue weighted by molar-refractivity contribution is 5.52. The van der Waals surface area contributed by atoms with Gasteiger partial charge in [-0.05, 0) is 41.8 Å². The molecule has 2 aromatic rings. The molecule has 2 aromatic carbocycles. The van der Waals surface area contributed by atoms with Crippen LogP contribution in [0.5, 0.6) is 23.0 Å². The van der Waals surface area contributed by atoms with Gasteiger partial charge in [-0.15, -0.1) is 6.58 Å². The maximum atomic E-state index is 11.0. The lowest BCUT2D eigenvalue weighted by Gasteiger charge is -2.26. The number of benzene rings is 2. The quantitative estimate of drug-likeness (QED) is 0.609. The van der Waals surface area contributed by atoms with E-state index in [9.17, 15) is 10.2 Å². The first-order valence-corrected chi connectivity index (χ1v) is 8.91. The molecule has 0 fully saturated rings. The lowest BCUT2D eigenvalue weighted by molar-refractivity contribution is 0.104. The number of allylic oxidation sites excluding steroid dienone is 1. The minimum absolute atomic E-state index is 0.303. The van der Waals surface area contributed by atoms with Crippen LogP contribution in [0.15, 0.2) is 43.0 Å². The summed E-state index contributed by atoms with van der Waals surface area (Å²) in [7, 11) is 6.17. The summed E-state index contributed by atoms with van der Waals surface area (Å²) in [6, 6.07) is 8.87. The summed E-state index contributed by atoms with van der Waals surface area (Å²) in [6.07, 6.45) is 1.42. The van der Waals surface area contributed by atoms with Gasteiger partial charge in [-0.2, -0.15) is 0 Å².